The van der Waals surface area contributed by atoms with Gasteiger partial charge < -0.3 is 19.0 Å². The summed E-state index contributed by atoms with van der Waals surface area (Å²) in [5, 5.41) is 10.3. The number of methoxy groups -OCH3 is 1. The first kappa shape index (κ1) is 30.0. The summed E-state index contributed by atoms with van der Waals surface area (Å²) < 4.78 is 12.9. The van der Waals surface area contributed by atoms with Crippen LogP contribution in [0.1, 0.15) is 36.5 Å². The van der Waals surface area contributed by atoms with E-state index < -0.39 is 0 Å². The SMILES string of the molecule is COc1ccc(-n2c(SCCCCC(=O)N3CCN(C(=O)c4ccc(Cl)c(Cl)c4)C(C)C3)nnc2-c2ccco2)cc1. The van der Waals surface area contributed by atoms with E-state index in [1.807, 2.05) is 52.8 Å². The number of hydrogen-bond acceptors (Lipinski definition) is 7. The summed E-state index contributed by atoms with van der Waals surface area (Å²) in [7, 11) is 1.63. The second-order valence-electron chi connectivity index (χ2n) is 9.94. The highest BCUT2D eigenvalue weighted by molar-refractivity contribution is 7.99. The van der Waals surface area contributed by atoms with Crippen LogP contribution in [0.3, 0.4) is 0 Å². The third-order valence-corrected chi connectivity index (χ3v) is 8.88. The first-order valence-corrected chi connectivity index (χ1v) is 15.4. The Morgan fingerprint density at radius 3 is 2.55 bits per heavy atom. The molecule has 5 rings (SSSR count). The molecule has 1 fully saturated rings. The van der Waals surface area contributed by atoms with Gasteiger partial charge in [0.15, 0.2) is 10.9 Å². The van der Waals surface area contributed by atoms with Gasteiger partial charge in [0.05, 0.1) is 29.1 Å². The van der Waals surface area contributed by atoms with E-state index >= 15 is 0 Å². The molecule has 4 aromatic rings. The van der Waals surface area contributed by atoms with E-state index in [1.54, 1.807) is 48.2 Å². The lowest BCUT2D eigenvalue weighted by Gasteiger charge is -2.40. The molecule has 1 aliphatic rings. The van der Waals surface area contributed by atoms with Crippen LogP contribution in [0.5, 0.6) is 5.75 Å². The third-order valence-electron chi connectivity index (χ3n) is 7.13. The van der Waals surface area contributed by atoms with Crippen LogP contribution >= 0.6 is 35.0 Å². The van der Waals surface area contributed by atoms with Crippen molar-refractivity contribution in [3.05, 3.63) is 76.5 Å². The molecule has 1 aliphatic heterocycles. The zero-order valence-corrected chi connectivity index (χ0v) is 25.7. The highest BCUT2D eigenvalue weighted by atomic mass is 35.5. The van der Waals surface area contributed by atoms with E-state index in [9.17, 15) is 9.59 Å². The summed E-state index contributed by atoms with van der Waals surface area (Å²) in [6.07, 6.45) is 3.66. The highest BCUT2D eigenvalue weighted by Crippen LogP contribution is 2.30. The molecule has 2 aromatic heterocycles. The Balaban J connectivity index is 1.12. The number of piperazine rings is 1. The summed E-state index contributed by atoms with van der Waals surface area (Å²) in [6.45, 7) is 3.44. The van der Waals surface area contributed by atoms with E-state index in [1.165, 1.54) is 0 Å². The van der Waals surface area contributed by atoms with Crippen molar-refractivity contribution in [2.24, 2.45) is 0 Å². The van der Waals surface area contributed by atoms with Crippen LogP contribution in [-0.4, -0.2) is 74.9 Å². The van der Waals surface area contributed by atoms with Crippen LogP contribution in [0.2, 0.25) is 10.0 Å². The fraction of sp³-hybridized carbons (Fsp3) is 0.333. The van der Waals surface area contributed by atoms with Crippen LogP contribution in [0.15, 0.2) is 70.4 Å². The number of unbranched alkanes of at least 4 members (excludes halogenated alkanes) is 1. The molecular weight excluding hydrogens is 597 g/mol. The molecule has 0 N–H and O–H groups in total. The molecule has 1 saturated heterocycles. The molecule has 12 heteroatoms. The number of hydrogen-bond donors (Lipinski definition) is 0. The number of nitrogens with zero attached hydrogens (tertiary/aromatic N) is 5. The number of halogens is 2. The van der Waals surface area contributed by atoms with Crippen molar-refractivity contribution < 1.29 is 18.7 Å². The number of thioether (sulfide) groups is 1. The standard InChI is InChI=1S/C30H31Cl2N5O4S/c1-20-19-35(14-15-36(20)29(39)21-8-13-24(31)25(32)18-21)27(38)7-3-4-17-42-30-34-33-28(26-6-5-16-41-26)37(30)22-9-11-23(40-2)12-10-22/h5-6,8-13,16,18,20H,3-4,7,14-15,17,19H2,1-2H3. The highest BCUT2D eigenvalue weighted by Gasteiger charge is 2.30. The number of furan rings is 1. The normalized spacial score (nSPS) is 15.2. The minimum Gasteiger partial charge on any atom is -0.497 e. The lowest BCUT2D eigenvalue weighted by atomic mass is 10.1. The smallest absolute Gasteiger partial charge is 0.254 e. The van der Waals surface area contributed by atoms with Crippen molar-refractivity contribution in [3.8, 4) is 23.0 Å². The maximum absolute atomic E-state index is 13.0. The molecule has 9 nitrogen and oxygen atoms in total. The van der Waals surface area contributed by atoms with Gasteiger partial charge in [-0.25, -0.2) is 0 Å². The Hall–Kier alpha value is -3.47. The molecule has 0 aliphatic carbocycles. The summed E-state index contributed by atoms with van der Waals surface area (Å²) >= 11 is 13.7. The van der Waals surface area contributed by atoms with E-state index in [0.29, 0.717) is 53.2 Å². The number of benzene rings is 2. The number of rotatable bonds is 10. The second kappa shape index (κ2) is 13.7. The van der Waals surface area contributed by atoms with Crippen LogP contribution < -0.4 is 4.74 Å². The molecule has 2 aromatic carbocycles. The van der Waals surface area contributed by atoms with Crippen molar-refractivity contribution in [2.75, 3.05) is 32.5 Å². The van der Waals surface area contributed by atoms with Crippen molar-refractivity contribution in [1.82, 2.24) is 24.6 Å². The topological polar surface area (TPSA) is 93.7 Å². The quantitative estimate of drug-likeness (QED) is 0.147. The van der Waals surface area contributed by atoms with Gasteiger partial charge in [0.2, 0.25) is 11.7 Å². The summed E-state index contributed by atoms with van der Waals surface area (Å²) in [5.74, 6) is 2.79. The van der Waals surface area contributed by atoms with Crippen molar-refractivity contribution in [3.63, 3.8) is 0 Å². The van der Waals surface area contributed by atoms with E-state index in [0.717, 1.165) is 35.2 Å². The zero-order chi connectivity index (χ0) is 29.6. The Labute approximate surface area is 258 Å². The molecule has 0 bridgehead atoms. The average Bonchev–Trinajstić information content (AvgIpc) is 3.68. The van der Waals surface area contributed by atoms with Gasteiger partial charge in [-0.15, -0.1) is 10.2 Å². The lowest BCUT2D eigenvalue weighted by molar-refractivity contribution is -0.133. The molecule has 3 heterocycles. The van der Waals surface area contributed by atoms with E-state index in [-0.39, 0.29) is 17.9 Å². The van der Waals surface area contributed by atoms with Gasteiger partial charge in [0, 0.05) is 43.4 Å². The van der Waals surface area contributed by atoms with Crippen LogP contribution in [0.4, 0.5) is 0 Å². The Morgan fingerprint density at radius 1 is 1.05 bits per heavy atom. The third kappa shape index (κ3) is 6.77. The van der Waals surface area contributed by atoms with Crippen LogP contribution in [0, 0.1) is 0 Å². The molecular formula is C30H31Cl2N5O4S. The maximum Gasteiger partial charge on any atom is 0.254 e. The molecule has 0 radical (unpaired) electrons. The summed E-state index contributed by atoms with van der Waals surface area (Å²) in [5.41, 5.74) is 1.39. The monoisotopic (exact) mass is 627 g/mol. The molecule has 1 unspecified atom stereocenters. The minimum atomic E-state index is -0.108. The van der Waals surface area contributed by atoms with Gasteiger partial charge in [0.25, 0.3) is 5.91 Å². The summed E-state index contributed by atoms with van der Waals surface area (Å²) in [6, 6.07) is 16.2. The van der Waals surface area contributed by atoms with Crippen molar-refractivity contribution >= 4 is 46.8 Å². The predicted octanol–water partition coefficient (Wildman–Crippen LogP) is 6.48. The van der Waals surface area contributed by atoms with Crippen LogP contribution in [-0.2, 0) is 4.79 Å². The zero-order valence-electron chi connectivity index (χ0n) is 23.3. The fourth-order valence-electron chi connectivity index (χ4n) is 4.87. The van der Waals surface area contributed by atoms with Gasteiger partial charge in [0.1, 0.15) is 5.75 Å². The van der Waals surface area contributed by atoms with Gasteiger partial charge in [-0.3, -0.25) is 14.2 Å². The first-order valence-electron chi connectivity index (χ1n) is 13.7. The minimum absolute atomic E-state index is 0.104. The van der Waals surface area contributed by atoms with Crippen molar-refractivity contribution in [1.29, 1.82) is 0 Å². The van der Waals surface area contributed by atoms with Gasteiger partial charge in [-0.2, -0.15) is 0 Å². The van der Waals surface area contributed by atoms with Gasteiger partial charge in [-0.1, -0.05) is 35.0 Å². The molecule has 2 amide bonds. The molecule has 42 heavy (non-hydrogen) atoms. The summed E-state index contributed by atoms with van der Waals surface area (Å²) in [4.78, 5) is 29.6. The van der Waals surface area contributed by atoms with Crippen LogP contribution in [0.25, 0.3) is 17.3 Å². The fourth-order valence-corrected chi connectivity index (χ4v) is 6.12. The predicted molar refractivity (Wildman–Crippen MR) is 164 cm³/mol. The lowest BCUT2D eigenvalue weighted by Crippen LogP contribution is -2.55. The Morgan fingerprint density at radius 2 is 1.86 bits per heavy atom. The van der Waals surface area contributed by atoms with E-state index in [2.05, 4.69) is 10.2 Å². The largest absolute Gasteiger partial charge is 0.497 e. The van der Waals surface area contributed by atoms with E-state index in [4.69, 9.17) is 32.4 Å². The first-order chi connectivity index (χ1) is 20.4. The number of aromatic nitrogens is 3. The molecule has 220 valence electrons. The average molecular weight is 629 g/mol. The second-order valence-corrected chi connectivity index (χ2v) is 11.8. The number of carbonyl (C=O) groups is 2. The number of carbonyl (C=O) groups excluding carboxylic acids is 2. The molecule has 0 saturated carbocycles. The molecule has 0 spiro atoms. The Bertz CT molecular complexity index is 1530. The maximum atomic E-state index is 13.0. The van der Waals surface area contributed by atoms with Gasteiger partial charge in [-0.05, 0) is 74.4 Å². The number of ether oxygens (including phenoxy) is 1. The van der Waals surface area contributed by atoms with Gasteiger partial charge >= 0.3 is 0 Å². The van der Waals surface area contributed by atoms with Crippen molar-refractivity contribution in [2.45, 2.75) is 37.4 Å². The number of amides is 2. The molecule has 1 atom stereocenters. The Kier molecular flexibility index (Phi) is 9.76.